The number of rotatable bonds is 4. The largest absolute Gasteiger partial charge is 0.325 e. The highest BCUT2D eigenvalue weighted by Gasteiger charge is 2.30. The highest BCUT2D eigenvalue weighted by atomic mass is 35.5. The van der Waals surface area contributed by atoms with Crippen LogP contribution in [0, 0.1) is 6.92 Å². The van der Waals surface area contributed by atoms with Crippen LogP contribution in [-0.2, 0) is 4.79 Å². The minimum absolute atomic E-state index is 0.0154. The van der Waals surface area contributed by atoms with Gasteiger partial charge in [-0.15, -0.1) is 11.3 Å². The number of urea groups is 1. The predicted molar refractivity (Wildman–Crippen MR) is 91.2 cm³/mol. The second-order valence-corrected chi connectivity index (χ2v) is 6.83. The molecule has 1 aliphatic heterocycles. The summed E-state index contributed by atoms with van der Waals surface area (Å²) in [4.78, 5) is 32.7. The minimum atomic E-state index is -0.245. The van der Waals surface area contributed by atoms with E-state index in [4.69, 9.17) is 11.6 Å². The van der Waals surface area contributed by atoms with Gasteiger partial charge in [-0.25, -0.2) is 9.78 Å². The first-order valence-electron chi connectivity index (χ1n) is 7.07. The SMILES string of the molecule is Cc1cnc(NC(=O)CN2CCN(c3ccc(Cl)cc3)C2=O)s1. The molecule has 23 heavy (non-hydrogen) atoms. The van der Waals surface area contributed by atoms with Gasteiger partial charge in [0.2, 0.25) is 5.91 Å². The van der Waals surface area contributed by atoms with E-state index in [1.807, 2.05) is 6.92 Å². The number of nitrogens with zero attached hydrogens (tertiary/aromatic N) is 3. The van der Waals surface area contributed by atoms with Gasteiger partial charge in [0.1, 0.15) is 6.54 Å². The van der Waals surface area contributed by atoms with Gasteiger partial charge >= 0.3 is 6.03 Å². The maximum Gasteiger partial charge on any atom is 0.325 e. The molecule has 0 bridgehead atoms. The highest BCUT2D eigenvalue weighted by molar-refractivity contribution is 7.15. The topological polar surface area (TPSA) is 65.5 Å². The molecule has 0 atom stereocenters. The van der Waals surface area contributed by atoms with Gasteiger partial charge in [-0.3, -0.25) is 9.69 Å². The fourth-order valence-corrected chi connectivity index (χ4v) is 3.14. The molecule has 3 rings (SSSR count). The van der Waals surface area contributed by atoms with Crippen LogP contribution in [0.2, 0.25) is 5.02 Å². The number of aryl methyl sites for hydroxylation is 1. The van der Waals surface area contributed by atoms with E-state index in [0.717, 1.165) is 10.6 Å². The molecule has 0 unspecified atom stereocenters. The van der Waals surface area contributed by atoms with E-state index < -0.39 is 0 Å². The molecular weight excluding hydrogens is 336 g/mol. The average Bonchev–Trinajstić information content (AvgIpc) is 3.07. The quantitative estimate of drug-likeness (QED) is 0.921. The summed E-state index contributed by atoms with van der Waals surface area (Å²) in [6.45, 7) is 2.98. The summed E-state index contributed by atoms with van der Waals surface area (Å²) in [7, 11) is 0. The van der Waals surface area contributed by atoms with Crippen molar-refractivity contribution in [3.8, 4) is 0 Å². The van der Waals surface area contributed by atoms with Crippen molar-refractivity contribution >= 4 is 45.7 Å². The zero-order chi connectivity index (χ0) is 16.4. The van der Waals surface area contributed by atoms with Gasteiger partial charge in [0.25, 0.3) is 0 Å². The number of carbonyl (C=O) groups is 2. The van der Waals surface area contributed by atoms with Crippen LogP contribution in [-0.4, -0.2) is 41.5 Å². The number of halogens is 1. The van der Waals surface area contributed by atoms with Crippen molar-refractivity contribution in [2.45, 2.75) is 6.92 Å². The van der Waals surface area contributed by atoms with Crippen LogP contribution in [0.1, 0.15) is 4.88 Å². The van der Waals surface area contributed by atoms with Crippen molar-refractivity contribution < 1.29 is 9.59 Å². The minimum Gasteiger partial charge on any atom is -0.313 e. The van der Waals surface area contributed by atoms with Crippen LogP contribution >= 0.6 is 22.9 Å². The van der Waals surface area contributed by atoms with Crippen LogP contribution in [0.5, 0.6) is 0 Å². The molecule has 1 aromatic heterocycles. The third-order valence-electron chi connectivity index (χ3n) is 3.44. The van der Waals surface area contributed by atoms with E-state index in [1.165, 1.54) is 16.2 Å². The zero-order valence-corrected chi connectivity index (χ0v) is 14.0. The van der Waals surface area contributed by atoms with Crippen LogP contribution < -0.4 is 10.2 Å². The predicted octanol–water partition coefficient (Wildman–Crippen LogP) is 2.99. The molecule has 3 amide bonds. The van der Waals surface area contributed by atoms with E-state index in [9.17, 15) is 9.59 Å². The zero-order valence-electron chi connectivity index (χ0n) is 12.5. The maximum absolute atomic E-state index is 12.4. The number of aromatic nitrogens is 1. The molecule has 1 aliphatic rings. The van der Waals surface area contributed by atoms with Gasteiger partial charge < -0.3 is 10.2 Å². The Balaban J connectivity index is 1.60. The number of amides is 3. The van der Waals surface area contributed by atoms with E-state index in [1.54, 1.807) is 35.4 Å². The second-order valence-electron chi connectivity index (χ2n) is 5.16. The molecule has 2 aromatic rings. The molecular formula is C15H15ClN4O2S. The third-order valence-corrected chi connectivity index (χ3v) is 4.52. The van der Waals surface area contributed by atoms with Crippen molar-refractivity contribution in [2.75, 3.05) is 29.9 Å². The lowest BCUT2D eigenvalue weighted by Gasteiger charge is -2.18. The molecule has 0 spiro atoms. The summed E-state index contributed by atoms with van der Waals surface area (Å²) in [5.74, 6) is -0.245. The van der Waals surface area contributed by atoms with Gasteiger partial charge in [0.05, 0.1) is 0 Å². The number of hydrogen-bond donors (Lipinski definition) is 1. The van der Waals surface area contributed by atoms with Crippen molar-refractivity contribution in [3.05, 3.63) is 40.4 Å². The summed E-state index contributed by atoms with van der Waals surface area (Å²) in [5.41, 5.74) is 0.776. The lowest BCUT2D eigenvalue weighted by molar-refractivity contribution is -0.116. The third kappa shape index (κ3) is 3.62. The molecule has 2 heterocycles. The van der Waals surface area contributed by atoms with Crippen LogP contribution in [0.3, 0.4) is 0 Å². The standard InChI is InChI=1S/C15H15ClN4O2S/c1-10-8-17-14(23-10)18-13(21)9-19-6-7-20(15(19)22)12-4-2-11(16)3-5-12/h2-5,8H,6-7,9H2,1H3,(H,17,18,21). The van der Waals surface area contributed by atoms with E-state index in [-0.39, 0.29) is 18.5 Å². The summed E-state index contributed by atoms with van der Waals surface area (Å²) in [5, 5.41) is 3.88. The fraction of sp³-hybridized carbons (Fsp3) is 0.267. The Hall–Kier alpha value is -2.12. The smallest absolute Gasteiger partial charge is 0.313 e. The first-order valence-corrected chi connectivity index (χ1v) is 8.26. The van der Waals surface area contributed by atoms with E-state index in [0.29, 0.717) is 23.2 Å². The van der Waals surface area contributed by atoms with Crippen LogP contribution in [0.4, 0.5) is 15.6 Å². The lowest BCUT2D eigenvalue weighted by Crippen LogP contribution is -2.37. The van der Waals surface area contributed by atoms with Gasteiger partial charge in [-0.2, -0.15) is 0 Å². The molecule has 1 aromatic carbocycles. The number of carbonyl (C=O) groups excluding carboxylic acids is 2. The van der Waals surface area contributed by atoms with Gasteiger partial charge in [-0.05, 0) is 31.2 Å². The number of thiazole rings is 1. The monoisotopic (exact) mass is 350 g/mol. The first-order chi connectivity index (χ1) is 11.0. The molecule has 0 saturated carbocycles. The lowest BCUT2D eigenvalue weighted by atomic mass is 10.3. The van der Waals surface area contributed by atoms with Crippen molar-refractivity contribution in [1.82, 2.24) is 9.88 Å². The molecule has 1 fully saturated rings. The van der Waals surface area contributed by atoms with Crippen molar-refractivity contribution in [3.63, 3.8) is 0 Å². The van der Waals surface area contributed by atoms with Crippen molar-refractivity contribution in [2.24, 2.45) is 0 Å². The highest BCUT2D eigenvalue weighted by Crippen LogP contribution is 2.22. The number of nitrogens with one attached hydrogen (secondary N) is 1. The summed E-state index contributed by atoms with van der Waals surface area (Å²) >= 11 is 7.26. The van der Waals surface area contributed by atoms with Gasteiger partial charge in [0, 0.05) is 34.9 Å². The average molecular weight is 351 g/mol. The summed E-state index contributed by atoms with van der Waals surface area (Å²) in [6, 6.07) is 6.89. The van der Waals surface area contributed by atoms with Crippen LogP contribution in [0.25, 0.3) is 0 Å². The Morgan fingerprint density at radius 1 is 1.35 bits per heavy atom. The van der Waals surface area contributed by atoms with Gasteiger partial charge in [-0.1, -0.05) is 11.6 Å². The van der Waals surface area contributed by atoms with Gasteiger partial charge in [0.15, 0.2) is 5.13 Å². The Labute approximate surface area is 142 Å². The Kier molecular flexibility index (Phi) is 4.49. The Morgan fingerprint density at radius 3 is 2.74 bits per heavy atom. The number of anilines is 2. The molecule has 1 saturated heterocycles. The first kappa shape index (κ1) is 15.8. The Morgan fingerprint density at radius 2 is 2.09 bits per heavy atom. The molecule has 1 N–H and O–H groups in total. The van der Waals surface area contributed by atoms with E-state index >= 15 is 0 Å². The van der Waals surface area contributed by atoms with Crippen molar-refractivity contribution in [1.29, 1.82) is 0 Å². The molecule has 0 aliphatic carbocycles. The molecule has 6 nitrogen and oxygen atoms in total. The fourth-order valence-electron chi connectivity index (χ4n) is 2.33. The van der Waals surface area contributed by atoms with E-state index in [2.05, 4.69) is 10.3 Å². The summed E-state index contributed by atoms with van der Waals surface area (Å²) in [6.07, 6.45) is 1.70. The number of hydrogen-bond acceptors (Lipinski definition) is 4. The summed E-state index contributed by atoms with van der Waals surface area (Å²) < 4.78 is 0. The normalized spacial score (nSPS) is 14.4. The number of benzene rings is 1. The molecule has 0 radical (unpaired) electrons. The molecule has 120 valence electrons. The maximum atomic E-state index is 12.4. The van der Waals surface area contributed by atoms with Crippen LogP contribution in [0.15, 0.2) is 30.5 Å². The Bertz CT molecular complexity index is 731. The molecule has 8 heteroatoms. The second kappa shape index (κ2) is 6.55.